The highest BCUT2D eigenvalue weighted by molar-refractivity contribution is 6.07. The predicted molar refractivity (Wildman–Crippen MR) is 164 cm³/mol. The Labute approximate surface area is 249 Å². The number of halogens is 1. The molecule has 1 amide bonds. The normalized spacial score (nSPS) is 17.0. The molecule has 10 heteroatoms. The number of hydrogen-bond donors (Lipinski definition) is 2. The molecule has 9 nitrogen and oxygen atoms in total. The molecule has 43 heavy (non-hydrogen) atoms. The van der Waals surface area contributed by atoms with E-state index in [1.807, 2.05) is 24.4 Å². The largest absolute Gasteiger partial charge is 0.392 e. The number of aromatic nitrogens is 3. The molecule has 5 heterocycles. The van der Waals surface area contributed by atoms with Gasteiger partial charge in [-0.2, -0.15) is 0 Å². The number of carbonyl (C=O) groups is 1. The van der Waals surface area contributed by atoms with Crippen molar-refractivity contribution < 1.29 is 14.3 Å². The maximum Gasteiger partial charge on any atom is 0.274 e. The Balaban J connectivity index is 1.23. The topological polar surface area (TPSA) is 95.6 Å². The number of fused-ring (bicyclic) bond motifs is 3. The van der Waals surface area contributed by atoms with Crippen LogP contribution in [0.15, 0.2) is 53.6 Å². The maximum atomic E-state index is 15.3. The molecule has 1 fully saturated rings. The number of aliphatic hydroxyl groups excluding tert-OH is 1. The lowest BCUT2D eigenvalue weighted by molar-refractivity contribution is 0.0964. The molecule has 222 valence electrons. The Morgan fingerprint density at radius 2 is 1.86 bits per heavy atom. The van der Waals surface area contributed by atoms with Gasteiger partial charge in [0.2, 0.25) is 0 Å². The van der Waals surface area contributed by atoms with Gasteiger partial charge in [-0.1, -0.05) is 6.07 Å². The number of benzene rings is 1. The first-order chi connectivity index (χ1) is 20.8. The van der Waals surface area contributed by atoms with Crippen LogP contribution >= 0.6 is 0 Å². The van der Waals surface area contributed by atoms with Crippen LogP contribution < -0.4 is 15.8 Å². The molecule has 7 rings (SSSR count). The molecule has 0 radical (unpaired) electrons. The number of hydrogen-bond acceptors (Lipinski definition) is 6. The van der Waals surface area contributed by atoms with E-state index in [0.29, 0.717) is 52.9 Å². The molecular weight excluding hydrogens is 547 g/mol. The lowest BCUT2D eigenvalue weighted by Gasteiger charge is -2.36. The van der Waals surface area contributed by atoms with Crippen LogP contribution in [0.4, 0.5) is 21.6 Å². The minimum Gasteiger partial charge on any atom is -0.392 e. The van der Waals surface area contributed by atoms with Gasteiger partial charge >= 0.3 is 0 Å². The Bertz CT molecular complexity index is 1790. The number of aryl methyl sites for hydroxylation is 2. The first-order valence-electron chi connectivity index (χ1n) is 14.9. The summed E-state index contributed by atoms with van der Waals surface area (Å²) in [5.41, 5.74) is 5.96. The summed E-state index contributed by atoms with van der Waals surface area (Å²) in [7, 11) is 3.71. The van der Waals surface area contributed by atoms with E-state index in [-0.39, 0.29) is 17.2 Å². The summed E-state index contributed by atoms with van der Waals surface area (Å²) in [6, 6.07) is 10.2. The Morgan fingerprint density at radius 1 is 1.05 bits per heavy atom. The second kappa shape index (κ2) is 10.8. The minimum absolute atomic E-state index is 0.196. The van der Waals surface area contributed by atoms with E-state index >= 15 is 4.39 Å². The van der Waals surface area contributed by atoms with Gasteiger partial charge in [0.15, 0.2) is 0 Å². The summed E-state index contributed by atoms with van der Waals surface area (Å²) in [6.07, 6.45) is 7.62. The molecular formula is C33H35FN6O3. The van der Waals surface area contributed by atoms with Gasteiger partial charge in [-0.3, -0.25) is 9.59 Å². The molecule has 1 aliphatic carbocycles. The summed E-state index contributed by atoms with van der Waals surface area (Å²) in [6.45, 7) is 2.58. The summed E-state index contributed by atoms with van der Waals surface area (Å²) >= 11 is 0. The van der Waals surface area contributed by atoms with Crippen LogP contribution in [0.2, 0.25) is 0 Å². The molecule has 0 atom stereocenters. The van der Waals surface area contributed by atoms with Crippen LogP contribution in [0.5, 0.6) is 0 Å². The third-order valence-corrected chi connectivity index (χ3v) is 9.14. The highest BCUT2D eigenvalue weighted by Gasteiger charge is 2.32. The molecule has 0 bridgehead atoms. The monoisotopic (exact) mass is 582 g/mol. The van der Waals surface area contributed by atoms with Crippen molar-refractivity contribution in [2.75, 3.05) is 36.9 Å². The van der Waals surface area contributed by atoms with Crippen molar-refractivity contribution in [3.8, 4) is 11.1 Å². The van der Waals surface area contributed by atoms with Crippen LogP contribution in [0.1, 0.15) is 51.6 Å². The van der Waals surface area contributed by atoms with Gasteiger partial charge in [-0.05, 0) is 79.8 Å². The summed E-state index contributed by atoms with van der Waals surface area (Å²) in [4.78, 5) is 35.2. The average molecular weight is 583 g/mol. The number of rotatable bonds is 6. The minimum atomic E-state index is -0.530. The third kappa shape index (κ3) is 4.84. The van der Waals surface area contributed by atoms with Gasteiger partial charge in [-0.25, -0.2) is 9.37 Å². The van der Waals surface area contributed by atoms with E-state index in [1.165, 1.54) is 28.0 Å². The van der Waals surface area contributed by atoms with E-state index in [2.05, 4.69) is 26.8 Å². The fraction of sp³-hybridized carbons (Fsp3) is 0.364. The van der Waals surface area contributed by atoms with Crippen molar-refractivity contribution in [1.82, 2.24) is 19.0 Å². The number of nitrogens with one attached hydrogen (secondary N) is 1. The second-order valence-corrected chi connectivity index (χ2v) is 12.0. The molecule has 3 aliphatic rings. The smallest absolute Gasteiger partial charge is 0.274 e. The molecule has 1 aromatic carbocycles. The maximum absolute atomic E-state index is 15.3. The second-order valence-electron chi connectivity index (χ2n) is 12.0. The lowest BCUT2D eigenvalue weighted by atomic mass is 9.93. The number of likely N-dealkylation sites (N-methyl/N-ethyl adjacent to an activating group) is 1. The predicted octanol–water partition coefficient (Wildman–Crippen LogP) is 4.19. The van der Waals surface area contributed by atoms with Gasteiger partial charge < -0.3 is 29.4 Å². The number of anilines is 3. The van der Waals surface area contributed by atoms with Crippen LogP contribution in [-0.4, -0.2) is 56.7 Å². The fourth-order valence-corrected chi connectivity index (χ4v) is 6.87. The average Bonchev–Trinajstić information content (AvgIpc) is 3.38. The molecule has 0 saturated carbocycles. The zero-order chi connectivity index (χ0) is 29.8. The van der Waals surface area contributed by atoms with Crippen molar-refractivity contribution in [3.63, 3.8) is 0 Å². The van der Waals surface area contributed by atoms with E-state index in [4.69, 9.17) is 0 Å². The first-order valence-corrected chi connectivity index (χ1v) is 14.9. The van der Waals surface area contributed by atoms with Gasteiger partial charge in [0.25, 0.3) is 11.5 Å². The zero-order valence-corrected chi connectivity index (χ0v) is 24.4. The van der Waals surface area contributed by atoms with Crippen LogP contribution in [-0.2, 0) is 33.0 Å². The quantitative estimate of drug-likeness (QED) is 0.354. The van der Waals surface area contributed by atoms with Crippen molar-refractivity contribution >= 4 is 23.1 Å². The SMILES string of the molecule is CN1CC(c2ccc(Nc3cc(-c4cc(F)cc(N5CCn6c(cc7c6CCCC7)C5=O)c4CO)cn(C)c3=O)nc2)C1. The Hall–Kier alpha value is -4.28. The van der Waals surface area contributed by atoms with E-state index in [9.17, 15) is 14.7 Å². The number of likely N-dealkylation sites (tertiary alicyclic amines) is 1. The number of aliphatic hydroxyl groups is 1. The standard InChI is InChI=1S/C33H35FN6O3/c1-37-16-23(17-37)21-7-8-31(35-15-21)36-27-11-22(18-38(2)32(27)42)25-13-24(34)14-29(26(25)19-41)40-10-9-39-28-6-4-3-5-20(28)12-30(39)33(40)43/h7-8,11-15,18,23,41H,3-6,9-10,16-17,19H2,1-2H3,(H,35,36). The summed E-state index contributed by atoms with van der Waals surface area (Å²) in [5, 5.41) is 13.7. The van der Waals surface area contributed by atoms with Crippen molar-refractivity contribution in [1.29, 1.82) is 0 Å². The van der Waals surface area contributed by atoms with Gasteiger partial charge in [-0.15, -0.1) is 0 Å². The Morgan fingerprint density at radius 3 is 2.60 bits per heavy atom. The molecule has 4 aromatic rings. The number of pyridine rings is 2. The van der Waals surface area contributed by atoms with Crippen LogP contribution in [0, 0.1) is 5.82 Å². The molecule has 1 saturated heterocycles. The molecule has 0 unspecified atom stereocenters. The lowest BCUT2D eigenvalue weighted by Crippen LogP contribution is -2.41. The van der Waals surface area contributed by atoms with Gasteiger partial charge in [0.1, 0.15) is 23.0 Å². The van der Waals surface area contributed by atoms with Crippen molar-refractivity contribution in [2.45, 2.75) is 44.8 Å². The fourth-order valence-electron chi connectivity index (χ4n) is 6.87. The van der Waals surface area contributed by atoms with Crippen molar-refractivity contribution in [3.05, 3.63) is 93.0 Å². The van der Waals surface area contributed by atoms with E-state index in [0.717, 1.165) is 44.3 Å². The summed E-state index contributed by atoms with van der Waals surface area (Å²) < 4.78 is 18.8. The first kappa shape index (κ1) is 27.5. The van der Waals surface area contributed by atoms with Crippen molar-refractivity contribution in [2.24, 2.45) is 7.05 Å². The highest BCUT2D eigenvalue weighted by atomic mass is 19.1. The molecule has 3 aromatic heterocycles. The van der Waals surface area contributed by atoms with Crippen LogP contribution in [0.25, 0.3) is 11.1 Å². The highest BCUT2D eigenvalue weighted by Crippen LogP contribution is 2.37. The summed E-state index contributed by atoms with van der Waals surface area (Å²) in [5.74, 6) is 0.260. The number of nitrogens with zero attached hydrogens (tertiary/aromatic N) is 5. The van der Waals surface area contributed by atoms with Gasteiger partial charge in [0, 0.05) is 68.4 Å². The zero-order valence-electron chi connectivity index (χ0n) is 24.4. The third-order valence-electron chi connectivity index (χ3n) is 9.14. The van der Waals surface area contributed by atoms with E-state index in [1.54, 1.807) is 24.2 Å². The molecule has 0 spiro atoms. The Kier molecular flexibility index (Phi) is 6.90. The molecule has 2 aliphatic heterocycles. The number of amides is 1. The van der Waals surface area contributed by atoms with Crippen LogP contribution in [0.3, 0.4) is 0 Å². The van der Waals surface area contributed by atoms with Gasteiger partial charge in [0.05, 0.1) is 12.3 Å². The molecule has 2 N–H and O–H groups in total. The number of carbonyl (C=O) groups excluding carboxylic acids is 1. The van der Waals surface area contributed by atoms with E-state index < -0.39 is 12.4 Å².